The molecule has 2 N–H and O–H groups in total. The molecule has 2 rings (SSSR count). The molecule has 110 valence electrons. The van der Waals surface area contributed by atoms with E-state index in [1.54, 1.807) is 0 Å². The van der Waals surface area contributed by atoms with E-state index in [0.717, 1.165) is 5.56 Å². The van der Waals surface area contributed by atoms with Gasteiger partial charge in [-0.3, -0.25) is 4.79 Å². The van der Waals surface area contributed by atoms with Crippen molar-refractivity contribution in [2.75, 3.05) is 6.54 Å². The van der Waals surface area contributed by atoms with E-state index in [9.17, 15) is 4.79 Å². The van der Waals surface area contributed by atoms with Gasteiger partial charge in [0.25, 0.3) is 0 Å². The van der Waals surface area contributed by atoms with E-state index in [1.165, 1.54) is 11.1 Å². The fraction of sp³-hybridized carbons (Fsp3) is 0.316. The Morgan fingerprint density at radius 1 is 1.00 bits per heavy atom. The molecule has 21 heavy (non-hydrogen) atoms. The van der Waals surface area contributed by atoms with Crippen LogP contribution in [0.3, 0.4) is 0 Å². The smallest absolute Gasteiger partial charge is 0.136 e. The molecule has 0 saturated heterocycles. The molecular formula is C19H23NO. The molecule has 0 spiro atoms. The molecule has 0 aliphatic rings. The Hall–Kier alpha value is -1.93. The van der Waals surface area contributed by atoms with Crippen LogP contribution in [-0.2, 0) is 4.79 Å². The fourth-order valence-electron chi connectivity index (χ4n) is 2.42. The second-order valence-electron chi connectivity index (χ2n) is 5.75. The van der Waals surface area contributed by atoms with Crippen molar-refractivity contribution in [2.24, 2.45) is 11.7 Å². The van der Waals surface area contributed by atoms with E-state index < -0.39 is 0 Å². The molecule has 0 amide bonds. The highest BCUT2D eigenvalue weighted by Gasteiger charge is 2.17. The Kier molecular flexibility index (Phi) is 5.29. The second kappa shape index (κ2) is 7.19. The van der Waals surface area contributed by atoms with Crippen LogP contribution in [0.15, 0.2) is 54.6 Å². The van der Waals surface area contributed by atoms with Gasteiger partial charge in [-0.05, 0) is 23.2 Å². The van der Waals surface area contributed by atoms with Crippen LogP contribution < -0.4 is 5.73 Å². The Morgan fingerprint density at radius 3 is 2.29 bits per heavy atom. The Balaban J connectivity index is 2.25. The molecular weight excluding hydrogens is 258 g/mol. The summed E-state index contributed by atoms with van der Waals surface area (Å²) in [6.07, 6.45) is 0.520. The van der Waals surface area contributed by atoms with Crippen molar-refractivity contribution >= 4 is 5.78 Å². The number of hydrogen-bond donors (Lipinski definition) is 1. The van der Waals surface area contributed by atoms with Crippen LogP contribution in [0.5, 0.6) is 0 Å². The first-order chi connectivity index (χ1) is 10.1. The van der Waals surface area contributed by atoms with E-state index in [-0.39, 0.29) is 17.6 Å². The van der Waals surface area contributed by atoms with Gasteiger partial charge in [0.2, 0.25) is 0 Å². The number of ketones is 1. The highest BCUT2D eigenvalue weighted by atomic mass is 16.1. The van der Waals surface area contributed by atoms with Gasteiger partial charge >= 0.3 is 0 Å². The third kappa shape index (κ3) is 4.02. The van der Waals surface area contributed by atoms with E-state index in [1.807, 2.05) is 38.1 Å². The summed E-state index contributed by atoms with van der Waals surface area (Å²) in [5.41, 5.74) is 9.39. The summed E-state index contributed by atoms with van der Waals surface area (Å²) >= 11 is 0. The Labute approximate surface area is 127 Å². The number of nitrogens with two attached hydrogens (primary N) is 1. The summed E-state index contributed by atoms with van der Waals surface area (Å²) in [4.78, 5) is 12.0. The van der Waals surface area contributed by atoms with Crippen molar-refractivity contribution in [3.63, 3.8) is 0 Å². The number of Topliss-reactive ketones (excluding diaryl/α,β-unsaturated/α-hetero) is 1. The summed E-state index contributed by atoms with van der Waals surface area (Å²) in [7, 11) is 0. The highest BCUT2D eigenvalue weighted by molar-refractivity contribution is 5.81. The van der Waals surface area contributed by atoms with Crippen molar-refractivity contribution in [3.8, 4) is 11.1 Å². The summed E-state index contributed by atoms with van der Waals surface area (Å²) in [5.74, 6) is 0.440. The number of carbonyl (C=O) groups excluding carboxylic acids is 1. The van der Waals surface area contributed by atoms with Crippen LogP contribution in [0.4, 0.5) is 0 Å². The van der Waals surface area contributed by atoms with Gasteiger partial charge in [-0.25, -0.2) is 0 Å². The molecule has 2 aromatic rings. The number of carbonyl (C=O) groups is 1. The van der Waals surface area contributed by atoms with Gasteiger partial charge < -0.3 is 5.73 Å². The van der Waals surface area contributed by atoms with Gasteiger partial charge in [0.05, 0.1) is 0 Å². The van der Waals surface area contributed by atoms with Gasteiger partial charge in [0.1, 0.15) is 5.78 Å². The maximum absolute atomic E-state index is 12.0. The van der Waals surface area contributed by atoms with Gasteiger partial charge in [-0.2, -0.15) is 0 Å². The van der Waals surface area contributed by atoms with E-state index >= 15 is 0 Å². The molecule has 0 aliphatic heterocycles. The molecule has 2 heteroatoms. The molecule has 0 fully saturated rings. The zero-order valence-corrected chi connectivity index (χ0v) is 12.8. The first-order valence-electron chi connectivity index (χ1n) is 7.50. The highest BCUT2D eigenvalue weighted by Crippen LogP contribution is 2.26. The largest absolute Gasteiger partial charge is 0.330 e. The molecule has 0 heterocycles. The quantitative estimate of drug-likeness (QED) is 0.869. The van der Waals surface area contributed by atoms with Crippen molar-refractivity contribution in [1.29, 1.82) is 0 Å². The molecule has 0 bridgehead atoms. The predicted octanol–water partition coefficient (Wildman–Crippen LogP) is 4.01. The van der Waals surface area contributed by atoms with Crippen molar-refractivity contribution in [1.82, 2.24) is 0 Å². The molecule has 2 nitrogen and oxygen atoms in total. The van der Waals surface area contributed by atoms with E-state index in [0.29, 0.717) is 13.0 Å². The van der Waals surface area contributed by atoms with E-state index in [2.05, 4.69) is 30.3 Å². The Bertz CT molecular complexity index is 590. The monoisotopic (exact) mass is 281 g/mol. The van der Waals surface area contributed by atoms with Gasteiger partial charge in [0.15, 0.2) is 0 Å². The lowest BCUT2D eigenvalue weighted by Crippen LogP contribution is -2.19. The normalized spacial score (nSPS) is 12.4. The standard InChI is InChI=1S/C19H23NO/c1-14(2)19(21)12-18(13-20)17-10-6-9-16(11-17)15-7-4-3-5-8-15/h3-11,14,18H,12-13,20H2,1-2H3/t18-/m1/s1. The third-order valence-electron chi connectivity index (χ3n) is 3.84. The lowest BCUT2D eigenvalue weighted by Gasteiger charge is -2.17. The minimum atomic E-state index is 0.0661. The summed E-state index contributed by atoms with van der Waals surface area (Å²) in [6.45, 7) is 4.38. The van der Waals surface area contributed by atoms with Crippen LogP contribution in [-0.4, -0.2) is 12.3 Å². The van der Waals surface area contributed by atoms with Gasteiger partial charge in [0, 0.05) is 18.3 Å². The van der Waals surface area contributed by atoms with Crippen LogP contribution in [0, 0.1) is 5.92 Å². The zero-order valence-electron chi connectivity index (χ0n) is 12.8. The summed E-state index contributed by atoms with van der Waals surface area (Å²) < 4.78 is 0. The molecule has 0 aromatic heterocycles. The first kappa shape index (κ1) is 15.5. The van der Waals surface area contributed by atoms with Crippen molar-refractivity contribution < 1.29 is 4.79 Å². The molecule has 0 aliphatic carbocycles. The van der Waals surface area contributed by atoms with Gasteiger partial charge in [-0.1, -0.05) is 68.4 Å². The summed E-state index contributed by atoms with van der Waals surface area (Å²) in [5, 5.41) is 0. The SMILES string of the molecule is CC(C)C(=O)C[C@H](CN)c1cccc(-c2ccccc2)c1. The molecule has 0 saturated carbocycles. The minimum Gasteiger partial charge on any atom is -0.330 e. The van der Waals surface area contributed by atoms with E-state index in [4.69, 9.17) is 5.73 Å². The Morgan fingerprint density at radius 2 is 1.67 bits per heavy atom. The maximum atomic E-state index is 12.0. The van der Waals surface area contributed by atoms with Crippen LogP contribution in [0.2, 0.25) is 0 Å². The number of rotatable bonds is 6. The first-order valence-corrected chi connectivity index (χ1v) is 7.50. The average Bonchev–Trinajstić information content (AvgIpc) is 2.53. The van der Waals surface area contributed by atoms with Crippen molar-refractivity contribution in [3.05, 3.63) is 60.2 Å². The third-order valence-corrected chi connectivity index (χ3v) is 3.84. The summed E-state index contributed by atoms with van der Waals surface area (Å²) in [6, 6.07) is 18.6. The lowest BCUT2D eigenvalue weighted by atomic mass is 9.89. The lowest BCUT2D eigenvalue weighted by molar-refractivity contribution is -0.122. The zero-order chi connectivity index (χ0) is 15.2. The number of benzene rings is 2. The molecule has 1 atom stereocenters. The average molecular weight is 281 g/mol. The minimum absolute atomic E-state index is 0.0661. The van der Waals surface area contributed by atoms with Crippen LogP contribution in [0.1, 0.15) is 31.7 Å². The van der Waals surface area contributed by atoms with Crippen LogP contribution >= 0.6 is 0 Å². The predicted molar refractivity (Wildman–Crippen MR) is 88.1 cm³/mol. The molecule has 2 aromatic carbocycles. The number of hydrogen-bond acceptors (Lipinski definition) is 2. The fourth-order valence-corrected chi connectivity index (χ4v) is 2.42. The van der Waals surface area contributed by atoms with Gasteiger partial charge in [-0.15, -0.1) is 0 Å². The topological polar surface area (TPSA) is 43.1 Å². The van der Waals surface area contributed by atoms with Crippen LogP contribution in [0.25, 0.3) is 11.1 Å². The van der Waals surface area contributed by atoms with Crippen molar-refractivity contribution in [2.45, 2.75) is 26.2 Å². The molecule has 0 unspecified atom stereocenters. The molecule has 0 radical (unpaired) electrons. The maximum Gasteiger partial charge on any atom is 0.136 e. The second-order valence-corrected chi connectivity index (χ2v) is 5.75.